The monoisotopic (exact) mass is 848 g/mol. The molecule has 0 fully saturated rings. The van der Waals surface area contributed by atoms with Crippen molar-refractivity contribution in [1.29, 1.82) is 0 Å². The highest BCUT2D eigenvalue weighted by atomic mass is 31.2. The van der Waals surface area contributed by atoms with Crippen molar-refractivity contribution in [3.63, 3.8) is 0 Å². The van der Waals surface area contributed by atoms with E-state index < -0.39 is 51.1 Å². The topological polar surface area (TPSA) is 172 Å². The van der Waals surface area contributed by atoms with Gasteiger partial charge in [-0.05, 0) is 12.8 Å². The Balaban J connectivity index is 4.24. The summed E-state index contributed by atoms with van der Waals surface area (Å²) in [6.07, 6.45) is 41.6. The summed E-state index contributed by atoms with van der Waals surface area (Å²) >= 11 is 0. The highest BCUT2D eigenvalue weighted by Crippen LogP contribution is 2.43. The first-order chi connectivity index (χ1) is 28.1. The number of ether oxygens (including phenoxy) is 2. The second-order valence-electron chi connectivity index (χ2n) is 16.6. The molecule has 4 N–H and O–H groups in total. The van der Waals surface area contributed by atoms with Gasteiger partial charge in [0, 0.05) is 12.8 Å². The molecule has 0 heterocycles. The minimum Gasteiger partial charge on any atom is -0.480 e. The number of carboxylic acids is 1. The van der Waals surface area contributed by atoms with Crippen molar-refractivity contribution in [2.24, 2.45) is 5.73 Å². The van der Waals surface area contributed by atoms with Gasteiger partial charge < -0.3 is 25.2 Å². The number of phosphoric acid groups is 1. The fraction of sp³-hybridized carbons (Fsp3) is 0.935. The second kappa shape index (κ2) is 42.2. The number of esters is 2. The average molecular weight is 848 g/mol. The molecular weight excluding hydrogens is 757 g/mol. The fourth-order valence-corrected chi connectivity index (χ4v) is 7.85. The van der Waals surface area contributed by atoms with Crippen molar-refractivity contribution in [1.82, 2.24) is 0 Å². The van der Waals surface area contributed by atoms with E-state index in [1.165, 1.54) is 167 Å². The molecule has 3 atom stereocenters. The maximum Gasteiger partial charge on any atom is 0.472 e. The van der Waals surface area contributed by atoms with E-state index in [-0.39, 0.29) is 19.4 Å². The predicted octanol–water partition coefficient (Wildman–Crippen LogP) is 13.1. The van der Waals surface area contributed by atoms with E-state index in [0.717, 1.165) is 38.5 Å². The van der Waals surface area contributed by atoms with Crippen molar-refractivity contribution >= 4 is 25.7 Å². The van der Waals surface area contributed by atoms with Crippen LogP contribution in [0.4, 0.5) is 0 Å². The Bertz CT molecular complexity index is 1000. The van der Waals surface area contributed by atoms with Gasteiger partial charge in [0.2, 0.25) is 0 Å². The van der Waals surface area contributed by atoms with Gasteiger partial charge in [-0.15, -0.1) is 0 Å². The summed E-state index contributed by atoms with van der Waals surface area (Å²) in [6.45, 7) is 2.86. The van der Waals surface area contributed by atoms with Gasteiger partial charge in [-0.3, -0.25) is 23.4 Å². The third kappa shape index (κ3) is 41.2. The van der Waals surface area contributed by atoms with Gasteiger partial charge in [0.25, 0.3) is 0 Å². The van der Waals surface area contributed by atoms with E-state index in [4.69, 9.17) is 24.8 Å². The standard InChI is InChI=1S/C46H90NO10P/c1-3-5-7-9-11-13-15-17-19-21-23-25-27-29-31-33-35-37-44(48)54-39-42(40-55-58(52,53)56-41-43(47)46(50)51)57-45(49)38-36-34-32-30-28-26-24-22-20-18-16-14-12-10-8-6-4-2/h42-43H,3-41,47H2,1-2H3,(H,50,51)(H,52,53)/t42-,43+/m1/s1. The number of rotatable bonds is 46. The molecule has 12 heteroatoms. The lowest BCUT2D eigenvalue weighted by molar-refractivity contribution is -0.161. The van der Waals surface area contributed by atoms with Crippen molar-refractivity contribution in [3.05, 3.63) is 0 Å². The summed E-state index contributed by atoms with van der Waals surface area (Å²) in [5, 5.41) is 8.90. The molecule has 0 amide bonds. The quantitative estimate of drug-likeness (QED) is 0.0302. The van der Waals surface area contributed by atoms with Crippen LogP contribution in [0.2, 0.25) is 0 Å². The van der Waals surface area contributed by atoms with Crippen LogP contribution >= 0.6 is 7.82 Å². The Hall–Kier alpha value is -1.52. The summed E-state index contributed by atoms with van der Waals surface area (Å²) in [6, 6.07) is -1.52. The van der Waals surface area contributed by atoms with Gasteiger partial charge in [0.15, 0.2) is 6.10 Å². The number of hydrogen-bond acceptors (Lipinski definition) is 9. The molecule has 58 heavy (non-hydrogen) atoms. The van der Waals surface area contributed by atoms with Crippen LogP contribution in [-0.2, 0) is 37.5 Å². The molecule has 0 rings (SSSR count). The lowest BCUT2D eigenvalue weighted by Crippen LogP contribution is -2.34. The third-order valence-corrected chi connectivity index (χ3v) is 11.8. The van der Waals surface area contributed by atoms with Crippen molar-refractivity contribution < 1.29 is 47.5 Å². The van der Waals surface area contributed by atoms with Gasteiger partial charge in [-0.2, -0.15) is 0 Å². The molecule has 11 nitrogen and oxygen atoms in total. The molecule has 0 saturated heterocycles. The number of carbonyl (C=O) groups excluding carboxylic acids is 2. The van der Waals surface area contributed by atoms with Crippen molar-refractivity contribution in [2.45, 2.75) is 257 Å². The summed E-state index contributed by atoms with van der Waals surface area (Å²) < 4.78 is 32.8. The van der Waals surface area contributed by atoms with Gasteiger partial charge in [0.05, 0.1) is 13.2 Å². The van der Waals surface area contributed by atoms with E-state index in [2.05, 4.69) is 18.4 Å². The zero-order valence-corrected chi connectivity index (χ0v) is 38.3. The number of carbonyl (C=O) groups is 3. The molecule has 344 valence electrons. The summed E-state index contributed by atoms with van der Waals surface area (Å²) in [5.74, 6) is -2.35. The number of hydrogen-bond donors (Lipinski definition) is 3. The first-order valence-corrected chi connectivity index (χ1v) is 25.6. The fourth-order valence-electron chi connectivity index (χ4n) is 7.07. The normalized spacial score (nSPS) is 13.6. The Morgan fingerprint density at radius 1 is 0.466 bits per heavy atom. The lowest BCUT2D eigenvalue weighted by Gasteiger charge is -2.20. The SMILES string of the molecule is CCCCCCCCCCCCCCCCCCCC(=O)OC[C@H](COP(=O)(O)OC[C@H](N)C(=O)O)OC(=O)CCCCCCCCCCCCCCCCCCC. The Kier molecular flexibility index (Phi) is 41.1. The first kappa shape index (κ1) is 56.5. The third-order valence-electron chi connectivity index (χ3n) is 10.9. The average Bonchev–Trinajstić information content (AvgIpc) is 3.20. The number of nitrogens with two attached hydrogens (primary N) is 1. The predicted molar refractivity (Wildman–Crippen MR) is 236 cm³/mol. The number of phosphoric ester groups is 1. The Morgan fingerprint density at radius 3 is 1.09 bits per heavy atom. The largest absolute Gasteiger partial charge is 0.480 e. The van der Waals surface area contributed by atoms with Crippen molar-refractivity contribution in [3.8, 4) is 0 Å². The van der Waals surface area contributed by atoms with Crippen LogP contribution in [-0.4, -0.2) is 59.9 Å². The Labute approximate surface area is 355 Å². The molecule has 0 aliphatic heterocycles. The maximum atomic E-state index is 12.7. The summed E-state index contributed by atoms with van der Waals surface area (Å²) in [5.41, 5.74) is 5.34. The van der Waals surface area contributed by atoms with E-state index >= 15 is 0 Å². The highest BCUT2D eigenvalue weighted by Gasteiger charge is 2.28. The smallest absolute Gasteiger partial charge is 0.472 e. The number of aliphatic carboxylic acids is 1. The molecule has 0 aromatic heterocycles. The molecular formula is C46H90NO10P. The lowest BCUT2D eigenvalue weighted by atomic mass is 10.0. The maximum absolute atomic E-state index is 12.7. The van der Waals surface area contributed by atoms with Crippen LogP contribution in [0.15, 0.2) is 0 Å². The molecule has 0 aliphatic carbocycles. The van der Waals surface area contributed by atoms with E-state index in [1.807, 2.05) is 0 Å². The van der Waals surface area contributed by atoms with Crippen LogP contribution in [0, 0.1) is 0 Å². The molecule has 0 bridgehead atoms. The zero-order valence-electron chi connectivity index (χ0n) is 37.4. The van der Waals surface area contributed by atoms with Crippen LogP contribution in [0.25, 0.3) is 0 Å². The zero-order chi connectivity index (χ0) is 42.8. The summed E-state index contributed by atoms with van der Waals surface area (Å²) in [4.78, 5) is 46.1. The van der Waals surface area contributed by atoms with E-state index in [0.29, 0.717) is 12.8 Å². The van der Waals surface area contributed by atoms with Gasteiger partial charge in [-0.1, -0.05) is 219 Å². The van der Waals surface area contributed by atoms with E-state index in [1.54, 1.807) is 0 Å². The van der Waals surface area contributed by atoms with Crippen LogP contribution in [0.1, 0.15) is 245 Å². The van der Waals surface area contributed by atoms with Gasteiger partial charge in [0.1, 0.15) is 12.6 Å². The molecule has 0 aromatic rings. The number of carboxylic acid groups (broad SMARTS) is 1. The Morgan fingerprint density at radius 2 is 0.759 bits per heavy atom. The van der Waals surface area contributed by atoms with Crippen LogP contribution < -0.4 is 5.73 Å². The van der Waals surface area contributed by atoms with Crippen LogP contribution in [0.5, 0.6) is 0 Å². The molecule has 0 saturated carbocycles. The van der Waals surface area contributed by atoms with E-state index in [9.17, 15) is 23.8 Å². The molecule has 0 radical (unpaired) electrons. The molecule has 0 aliphatic rings. The van der Waals surface area contributed by atoms with Crippen LogP contribution in [0.3, 0.4) is 0 Å². The summed E-state index contributed by atoms with van der Waals surface area (Å²) in [7, 11) is -4.71. The minimum atomic E-state index is -4.71. The molecule has 1 unspecified atom stereocenters. The molecule has 0 aromatic carbocycles. The van der Waals surface area contributed by atoms with Crippen molar-refractivity contribution in [2.75, 3.05) is 19.8 Å². The minimum absolute atomic E-state index is 0.170. The molecule has 0 spiro atoms. The second-order valence-corrected chi connectivity index (χ2v) is 18.1. The van der Waals surface area contributed by atoms with Gasteiger partial charge >= 0.3 is 25.7 Å². The van der Waals surface area contributed by atoms with Gasteiger partial charge in [-0.25, -0.2) is 4.57 Å². The number of unbranched alkanes of at least 4 members (excludes halogenated alkanes) is 32. The highest BCUT2D eigenvalue weighted by molar-refractivity contribution is 7.47. The first-order valence-electron chi connectivity index (χ1n) is 24.1.